The van der Waals surface area contributed by atoms with Crippen LogP contribution >= 0.6 is 27.5 Å². The van der Waals surface area contributed by atoms with Crippen LogP contribution in [0.5, 0.6) is 0 Å². The second kappa shape index (κ2) is 5.24. The minimum absolute atomic E-state index is 0.256. The van der Waals surface area contributed by atoms with E-state index in [1.807, 2.05) is 31.2 Å². The lowest BCUT2D eigenvalue weighted by Crippen LogP contribution is -2.27. The average Bonchev–Trinajstić information content (AvgIpc) is 2.34. The summed E-state index contributed by atoms with van der Waals surface area (Å²) >= 11 is 9.54. The molecule has 0 radical (unpaired) electrons. The maximum Gasteiger partial charge on any atom is 0.348 e. The monoisotopic (exact) mass is 326 g/mol. The number of halogens is 2. The maximum atomic E-state index is 11.9. The van der Waals surface area contributed by atoms with Crippen LogP contribution in [0.4, 0.5) is 0 Å². The first-order valence-corrected chi connectivity index (χ1v) is 6.64. The molecule has 3 nitrogen and oxygen atoms in total. The quantitative estimate of drug-likeness (QED) is 0.848. The summed E-state index contributed by atoms with van der Waals surface area (Å²) < 4.78 is 2.47. The molecule has 0 aliphatic carbocycles. The lowest BCUT2D eigenvalue weighted by Gasteiger charge is -2.12. The molecule has 18 heavy (non-hydrogen) atoms. The Morgan fingerprint density at radius 2 is 2.00 bits per heavy atom. The van der Waals surface area contributed by atoms with Crippen molar-refractivity contribution >= 4 is 27.5 Å². The van der Waals surface area contributed by atoms with Crippen LogP contribution in [0.15, 0.2) is 33.5 Å². The summed E-state index contributed by atoms with van der Waals surface area (Å²) in [5.41, 5.74) is 2.20. The van der Waals surface area contributed by atoms with Crippen molar-refractivity contribution in [2.24, 2.45) is 0 Å². The molecule has 0 spiro atoms. The standard InChI is InChI=1S/C13H12BrClN2O/c1-8-12(14)9(2)17(13(18)16-8)7-10-5-3-4-6-11(10)15/h3-6H,7H2,1-2H3. The first kappa shape index (κ1) is 13.3. The van der Waals surface area contributed by atoms with Crippen molar-refractivity contribution in [3.8, 4) is 0 Å². The summed E-state index contributed by atoms with van der Waals surface area (Å²) in [4.78, 5) is 15.9. The van der Waals surface area contributed by atoms with Gasteiger partial charge in [-0.25, -0.2) is 4.79 Å². The topological polar surface area (TPSA) is 34.9 Å². The van der Waals surface area contributed by atoms with E-state index >= 15 is 0 Å². The van der Waals surface area contributed by atoms with E-state index in [1.54, 1.807) is 11.5 Å². The van der Waals surface area contributed by atoms with E-state index < -0.39 is 0 Å². The van der Waals surface area contributed by atoms with Gasteiger partial charge in [0.1, 0.15) is 0 Å². The molecule has 0 aliphatic heterocycles. The minimum Gasteiger partial charge on any atom is -0.291 e. The zero-order valence-electron chi connectivity index (χ0n) is 10.1. The minimum atomic E-state index is -0.256. The van der Waals surface area contributed by atoms with Gasteiger partial charge < -0.3 is 0 Å². The van der Waals surface area contributed by atoms with E-state index in [2.05, 4.69) is 20.9 Å². The second-order valence-electron chi connectivity index (χ2n) is 4.06. The van der Waals surface area contributed by atoms with Crippen molar-refractivity contribution in [2.45, 2.75) is 20.4 Å². The number of nitrogens with zero attached hydrogens (tertiary/aromatic N) is 2. The van der Waals surface area contributed by atoms with Gasteiger partial charge >= 0.3 is 5.69 Å². The molecule has 1 heterocycles. The van der Waals surface area contributed by atoms with Gasteiger partial charge in [-0.1, -0.05) is 29.8 Å². The van der Waals surface area contributed by atoms with E-state index in [4.69, 9.17) is 11.6 Å². The largest absolute Gasteiger partial charge is 0.348 e. The molecule has 2 rings (SSSR count). The Labute approximate surface area is 119 Å². The highest BCUT2D eigenvalue weighted by molar-refractivity contribution is 9.10. The maximum absolute atomic E-state index is 11.9. The van der Waals surface area contributed by atoms with Crippen molar-refractivity contribution < 1.29 is 0 Å². The smallest absolute Gasteiger partial charge is 0.291 e. The third kappa shape index (κ3) is 2.49. The number of benzene rings is 1. The third-order valence-electron chi connectivity index (χ3n) is 2.82. The number of aryl methyl sites for hydroxylation is 1. The zero-order valence-corrected chi connectivity index (χ0v) is 12.4. The average molecular weight is 328 g/mol. The summed E-state index contributed by atoms with van der Waals surface area (Å²) in [7, 11) is 0. The highest BCUT2D eigenvalue weighted by Gasteiger charge is 2.10. The van der Waals surface area contributed by atoms with Gasteiger partial charge in [-0.2, -0.15) is 4.98 Å². The molecule has 0 aliphatic rings. The molecule has 1 aromatic carbocycles. The molecule has 0 atom stereocenters. The van der Waals surface area contributed by atoms with Crippen molar-refractivity contribution in [2.75, 3.05) is 0 Å². The van der Waals surface area contributed by atoms with E-state index in [1.165, 1.54) is 0 Å². The molecule has 0 bridgehead atoms. The predicted molar refractivity (Wildman–Crippen MR) is 76.2 cm³/mol. The fraction of sp³-hybridized carbons (Fsp3) is 0.231. The lowest BCUT2D eigenvalue weighted by atomic mass is 10.2. The summed E-state index contributed by atoms with van der Waals surface area (Å²) in [6.07, 6.45) is 0. The van der Waals surface area contributed by atoms with Crippen molar-refractivity contribution in [3.63, 3.8) is 0 Å². The van der Waals surface area contributed by atoms with Crippen molar-refractivity contribution in [1.82, 2.24) is 9.55 Å². The Kier molecular flexibility index (Phi) is 3.88. The van der Waals surface area contributed by atoms with Gasteiger partial charge in [0.05, 0.1) is 16.7 Å². The first-order valence-electron chi connectivity index (χ1n) is 5.47. The zero-order chi connectivity index (χ0) is 13.3. The molecular weight excluding hydrogens is 316 g/mol. The Hall–Kier alpha value is -1.13. The summed E-state index contributed by atoms with van der Waals surface area (Å²) in [5, 5.41) is 0.653. The van der Waals surface area contributed by atoms with Crippen LogP contribution in [0.3, 0.4) is 0 Å². The van der Waals surface area contributed by atoms with E-state index in [-0.39, 0.29) is 5.69 Å². The highest BCUT2D eigenvalue weighted by atomic mass is 79.9. The SMILES string of the molecule is Cc1nc(=O)n(Cc2ccccc2Cl)c(C)c1Br. The third-order valence-corrected chi connectivity index (χ3v) is 4.34. The molecule has 0 saturated heterocycles. The molecule has 2 aromatic rings. The van der Waals surface area contributed by atoms with Crippen molar-refractivity contribution in [1.29, 1.82) is 0 Å². The fourth-order valence-electron chi connectivity index (χ4n) is 1.76. The van der Waals surface area contributed by atoms with Gasteiger partial charge in [-0.3, -0.25) is 4.57 Å². The van der Waals surface area contributed by atoms with Crippen LogP contribution in [-0.4, -0.2) is 9.55 Å². The fourth-order valence-corrected chi connectivity index (χ4v) is 2.26. The van der Waals surface area contributed by atoms with Gasteiger partial charge in [0.2, 0.25) is 0 Å². The normalized spacial score (nSPS) is 10.7. The first-order chi connectivity index (χ1) is 8.50. The molecule has 94 valence electrons. The van der Waals surface area contributed by atoms with Gasteiger partial charge in [0, 0.05) is 10.7 Å². The second-order valence-corrected chi connectivity index (χ2v) is 5.26. The Bertz CT molecular complexity index is 652. The number of aromatic nitrogens is 2. The molecular formula is C13H12BrClN2O. The van der Waals surface area contributed by atoms with E-state index in [9.17, 15) is 4.79 Å². The number of hydrogen-bond donors (Lipinski definition) is 0. The van der Waals surface area contributed by atoms with Gasteiger partial charge in [-0.15, -0.1) is 0 Å². The molecule has 5 heteroatoms. The van der Waals surface area contributed by atoms with Crippen LogP contribution in [0.2, 0.25) is 5.02 Å². The summed E-state index contributed by atoms with van der Waals surface area (Å²) in [6.45, 7) is 4.12. The molecule has 0 unspecified atom stereocenters. The van der Waals surface area contributed by atoms with E-state index in [0.717, 1.165) is 15.7 Å². The molecule has 0 saturated carbocycles. The van der Waals surface area contributed by atoms with Crippen LogP contribution in [0, 0.1) is 13.8 Å². The highest BCUT2D eigenvalue weighted by Crippen LogP contribution is 2.20. The van der Waals surface area contributed by atoms with Gasteiger partial charge in [-0.05, 0) is 41.4 Å². The Morgan fingerprint density at radius 1 is 1.33 bits per heavy atom. The van der Waals surface area contributed by atoms with Crippen LogP contribution in [0.1, 0.15) is 17.0 Å². The number of rotatable bonds is 2. The Morgan fingerprint density at radius 3 is 2.67 bits per heavy atom. The number of hydrogen-bond acceptors (Lipinski definition) is 2. The summed E-state index contributed by atoms with van der Waals surface area (Å²) in [6, 6.07) is 7.49. The summed E-state index contributed by atoms with van der Waals surface area (Å²) in [5.74, 6) is 0. The Balaban J connectivity index is 2.51. The van der Waals surface area contributed by atoms with Crippen molar-refractivity contribution in [3.05, 3.63) is 61.2 Å². The molecule has 1 aromatic heterocycles. The molecule has 0 N–H and O–H groups in total. The van der Waals surface area contributed by atoms with E-state index in [0.29, 0.717) is 17.3 Å². The molecule has 0 amide bonds. The van der Waals surface area contributed by atoms with Crippen LogP contribution in [-0.2, 0) is 6.54 Å². The molecule has 0 fully saturated rings. The van der Waals surface area contributed by atoms with Crippen LogP contribution < -0.4 is 5.69 Å². The lowest BCUT2D eigenvalue weighted by molar-refractivity contribution is 0.688. The van der Waals surface area contributed by atoms with Crippen LogP contribution in [0.25, 0.3) is 0 Å². The van der Waals surface area contributed by atoms with Gasteiger partial charge in [0.15, 0.2) is 0 Å². The predicted octanol–water partition coefficient (Wildman–Crippen LogP) is 3.32. The van der Waals surface area contributed by atoms with Gasteiger partial charge in [0.25, 0.3) is 0 Å².